The smallest absolute Gasteiger partial charge is 0.321 e. The van der Waals surface area contributed by atoms with Crippen molar-refractivity contribution in [3.8, 4) is 0 Å². The van der Waals surface area contributed by atoms with Gasteiger partial charge in [0.2, 0.25) is 5.91 Å². The van der Waals surface area contributed by atoms with Crippen LogP contribution >= 0.6 is 0 Å². The maximum atomic E-state index is 10.7. The van der Waals surface area contributed by atoms with E-state index in [9.17, 15) is 9.59 Å². The highest BCUT2D eigenvalue weighted by Crippen LogP contribution is 1.90. The number of hydrogen-bond acceptors (Lipinski definition) is 3. The molecule has 0 radical (unpaired) electrons. The molecule has 3 N–H and O–H groups in total. The number of amides is 1. The molecule has 1 amide bonds. The van der Waals surface area contributed by atoms with E-state index in [4.69, 9.17) is 5.11 Å². The molecule has 0 aromatic heterocycles. The molecule has 0 aromatic rings. The number of rotatable bonds is 4. The molecule has 0 heterocycles. The number of hydrogen-bond donors (Lipinski definition) is 3. The second-order valence-electron chi connectivity index (χ2n) is 2.06. The molecular weight excluding hydrogens is 148 g/mol. The lowest BCUT2D eigenvalue weighted by Gasteiger charge is -2.08. The number of carbonyl (C=O) groups excluding carboxylic acids is 1. The largest absolute Gasteiger partial charge is 0.480 e. The predicted molar refractivity (Wildman–Crippen MR) is 39.2 cm³/mol. The molecular formula is C6H12N2O3. The maximum Gasteiger partial charge on any atom is 0.321 e. The molecule has 64 valence electrons. The van der Waals surface area contributed by atoms with Gasteiger partial charge >= 0.3 is 5.97 Å². The Morgan fingerprint density at radius 1 is 1.45 bits per heavy atom. The van der Waals surface area contributed by atoms with E-state index in [1.165, 1.54) is 14.1 Å². The van der Waals surface area contributed by atoms with Crippen molar-refractivity contribution in [2.45, 2.75) is 12.5 Å². The van der Waals surface area contributed by atoms with Crippen molar-refractivity contribution >= 4 is 11.9 Å². The minimum absolute atomic E-state index is 0.0394. The summed E-state index contributed by atoms with van der Waals surface area (Å²) < 4.78 is 0. The van der Waals surface area contributed by atoms with Gasteiger partial charge < -0.3 is 15.7 Å². The summed E-state index contributed by atoms with van der Waals surface area (Å²) in [6.45, 7) is 0. The molecule has 0 fully saturated rings. The Morgan fingerprint density at radius 2 is 2.00 bits per heavy atom. The Morgan fingerprint density at radius 3 is 2.27 bits per heavy atom. The Hall–Kier alpha value is -1.10. The summed E-state index contributed by atoms with van der Waals surface area (Å²) in [7, 11) is 2.97. The van der Waals surface area contributed by atoms with Crippen LogP contribution in [0.2, 0.25) is 0 Å². The van der Waals surface area contributed by atoms with Crippen LogP contribution in [0, 0.1) is 0 Å². The van der Waals surface area contributed by atoms with Gasteiger partial charge in [-0.1, -0.05) is 0 Å². The van der Waals surface area contributed by atoms with Crippen LogP contribution in [-0.2, 0) is 9.59 Å². The van der Waals surface area contributed by atoms with E-state index in [2.05, 4.69) is 10.6 Å². The molecule has 0 saturated heterocycles. The number of aliphatic carboxylic acids is 1. The lowest BCUT2D eigenvalue weighted by molar-refractivity contribution is -0.141. The van der Waals surface area contributed by atoms with E-state index in [-0.39, 0.29) is 12.3 Å². The molecule has 0 aromatic carbocycles. The molecule has 0 aliphatic heterocycles. The summed E-state index contributed by atoms with van der Waals surface area (Å²) in [5, 5.41) is 13.3. The van der Waals surface area contributed by atoms with Crippen LogP contribution in [0.3, 0.4) is 0 Å². The highest BCUT2D eigenvalue weighted by Gasteiger charge is 2.17. The first-order valence-corrected chi connectivity index (χ1v) is 3.22. The third kappa shape index (κ3) is 3.57. The summed E-state index contributed by atoms with van der Waals surface area (Å²) in [5.41, 5.74) is 0. The van der Waals surface area contributed by atoms with Crippen molar-refractivity contribution < 1.29 is 14.7 Å². The van der Waals surface area contributed by atoms with Crippen molar-refractivity contribution in [2.75, 3.05) is 14.1 Å². The van der Waals surface area contributed by atoms with Gasteiger partial charge in [0.05, 0.1) is 6.42 Å². The van der Waals surface area contributed by atoms with Gasteiger partial charge in [0, 0.05) is 7.05 Å². The molecule has 0 rings (SSSR count). The molecule has 0 aliphatic carbocycles. The van der Waals surface area contributed by atoms with E-state index < -0.39 is 12.0 Å². The van der Waals surface area contributed by atoms with Crippen LogP contribution < -0.4 is 10.6 Å². The minimum atomic E-state index is -1.02. The van der Waals surface area contributed by atoms with E-state index in [1.807, 2.05) is 0 Å². The second-order valence-corrected chi connectivity index (χ2v) is 2.06. The molecule has 5 nitrogen and oxygen atoms in total. The van der Waals surface area contributed by atoms with Gasteiger partial charge in [0.15, 0.2) is 0 Å². The van der Waals surface area contributed by atoms with E-state index in [0.29, 0.717) is 0 Å². The fraction of sp³-hybridized carbons (Fsp3) is 0.667. The van der Waals surface area contributed by atoms with Crippen LogP contribution in [0.5, 0.6) is 0 Å². The van der Waals surface area contributed by atoms with Gasteiger partial charge in [-0.25, -0.2) is 0 Å². The van der Waals surface area contributed by atoms with Crippen LogP contribution in [0.4, 0.5) is 0 Å². The SMILES string of the molecule is CNC(=O)CC(NC)C(=O)O. The van der Waals surface area contributed by atoms with E-state index >= 15 is 0 Å². The number of likely N-dealkylation sites (N-methyl/N-ethyl adjacent to an activating group) is 1. The summed E-state index contributed by atoms with van der Waals surface area (Å²) in [6.07, 6.45) is -0.0394. The first-order chi connectivity index (χ1) is 5.11. The van der Waals surface area contributed by atoms with Crippen LogP contribution in [0.25, 0.3) is 0 Å². The predicted octanol–water partition coefficient (Wildman–Crippen LogP) is -1.20. The Labute approximate surface area is 64.8 Å². The molecule has 0 spiro atoms. The molecule has 0 aliphatic rings. The summed E-state index contributed by atoms with van der Waals surface area (Å²) in [5.74, 6) is -1.30. The van der Waals surface area contributed by atoms with Crippen LogP contribution in [-0.4, -0.2) is 37.1 Å². The first-order valence-electron chi connectivity index (χ1n) is 3.22. The van der Waals surface area contributed by atoms with E-state index in [0.717, 1.165) is 0 Å². The number of nitrogens with one attached hydrogen (secondary N) is 2. The molecule has 5 heteroatoms. The Kier molecular flexibility index (Phi) is 4.21. The van der Waals surface area contributed by atoms with Crippen LogP contribution in [0.15, 0.2) is 0 Å². The highest BCUT2D eigenvalue weighted by molar-refractivity contribution is 5.84. The molecule has 11 heavy (non-hydrogen) atoms. The van der Waals surface area contributed by atoms with Crippen LogP contribution in [0.1, 0.15) is 6.42 Å². The summed E-state index contributed by atoms with van der Waals surface area (Å²) in [6, 6.07) is -0.796. The quantitative estimate of drug-likeness (QED) is 0.482. The van der Waals surface area contributed by atoms with Crippen molar-refractivity contribution in [1.82, 2.24) is 10.6 Å². The van der Waals surface area contributed by atoms with Gasteiger partial charge in [-0.2, -0.15) is 0 Å². The Balaban J connectivity index is 3.88. The fourth-order valence-electron chi connectivity index (χ4n) is 0.600. The van der Waals surface area contributed by atoms with Gasteiger partial charge in [0.25, 0.3) is 0 Å². The third-order valence-corrected chi connectivity index (χ3v) is 1.31. The Bertz CT molecular complexity index is 158. The number of carboxylic acid groups (broad SMARTS) is 1. The van der Waals surface area contributed by atoms with Gasteiger partial charge in [-0.3, -0.25) is 9.59 Å². The first kappa shape index (κ1) is 9.90. The normalized spacial score (nSPS) is 12.2. The minimum Gasteiger partial charge on any atom is -0.480 e. The second kappa shape index (κ2) is 4.68. The average Bonchev–Trinajstić information content (AvgIpc) is 1.99. The molecule has 0 saturated carbocycles. The summed E-state index contributed by atoms with van der Waals surface area (Å²) >= 11 is 0. The van der Waals surface area contributed by atoms with Gasteiger partial charge in [0.1, 0.15) is 6.04 Å². The zero-order chi connectivity index (χ0) is 8.85. The lowest BCUT2D eigenvalue weighted by atomic mass is 10.2. The van der Waals surface area contributed by atoms with Crippen molar-refractivity contribution in [3.05, 3.63) is 0 Å². The highest BCUT2D eigenvalue weighted by atomic mass is 16.4. The molecule has 1 atom stereocenters. The van der Waals surface area contributed by atoms with Crippen molar-refractivity contribution in [3.63, 3.8) is 0 Å². The number of carbonyl (C=O) groups is 2. The zero-order valence-electron chi connectivity index (χ0n) is 6.55. The van der Waals surface area contributed by atoms with Crippen molar-refractivity contribution in [1.29, 1.82) is 0 Å². The molecule has 1 unspecified atom stereocenters. The molecule has 0 bridgehead atoms. The number of carboxylic acids is 1. The van der Waals surface area contributed by atoms with Crippen molar-refractivity contribution in [2.24, 2.45) is 0 Å². The summed E-state index contributed by atoms with van der Waals surface area (Å²) in [4.78, 5) is 21.0. The third-order valence-electron chi connectivity index (χ3n) is 1.31. The van der Waals surface area contributed by atoms with Gasteiger partial charge in [-0.15, -0.1) is 0 Å². The average molecular weight is 160 g/mol. The zero-order valence-corrected chi connectivity index (χ0v) is 6.55. The van der Waals surface area contributed by atoms with Gasteiger partial charge in [-0.05, 0) is 7.05 Å². The topological polar surface area (TPSA) is 78.4 Å². The monoisotopic (exact) mass is 160 g/mol. The fourth-order valence-corrected chi connectivity index (χ4v) is 0.600. The van der Waals surface area contributed by atoms with E-state index in [1.54, 1.807) is 0 Å². The standard InChI is InChI=1S/C6H12N2O3/c1-7-4(6(10)11)3-5(9)8-2/h4,7H,3H2,1-2H3,(H,8,9)(H,10,11). The lowest BCUT2D eigenvalue weighted by Crippen LogP contribution is -2.38. The maximum absolute atomic E-state index is 10.7.